The molecule has 1 unspecified atom stereocenters. The van der Waals surface area contributed by atoms with Crippen LogP contribution in [-0.2, 0) is 9.53 Å². The molecule has 0 aliphatic carbocycles. The molecule has 4 heteroatoms. The quantitative estimate of drug-likeness (QED) is 0.650. The topological polar surface area (TPSA) is 64.3 Å². The monoisotopic (exact) mass is 244 g/mol. The molecule has 1 amide bonds. The number of amides is 1. The van der Waals surface area contributed by atoms with Gasteiger partial charge in [0.1, 0.15) is 6.61 Å². The molecule has 0 aliphatic heterocycles. The molecule has 0 aromatic rings. The van der Waals surface area contributed by atoms with Gasteiger partial charge in [-0.2, -0.15) is 0 Å². The fourth-order valence-electron chi connectivity index (χ4n) is 1.84. The average Bonchev–Trinajstić information content (AvgIpc) is 2.32. The number of hydrogen-bond acceptors (Lipinski definition) is 3. The molecular weight excluding hydrogens is 216 g/mol. The number of rotatable bonds is 9. The molecule has 0 aliphatic rings. The van der Waals surface area contributed by atoms with E-state index in [0.717, 1.165) is 25.7 Å². The smallest absolute Gasteiger partial charge is 0.246 e. The lowest BCUT2D eigenvalue weighted by atomic mass is 9.97. The van der Waals surface area contributed by atoms with Gasteiger partial charge in [0.2, 0.25) is 5.91 Å². The van der Waals surface area contributed by atoms with Crippen LogP contribution in [0.2, 0.25) is 0 Å². The summed E-state index contributed by atoms with van der Waals surface area (Å²) in [5.74, 6) is -0.0503. The van der Waals surface area contributed by atoms with Gasteiger partial charge in [0.15, 0.2) is 0 Å². The van der Waals surface area contributed by atoms with Gasteiger partial charge in [-0.25, -0.2) is 0 Å². The van der Waals surface area contributed by atoms with Crippen LogP contribution in [0, 0.1) is 0 Å². The molecule has 3 N–H and O–H groups in total. The summed E-state index contributed by atoms with van der Waals surface area (Å²) in [6, 6.07) is 0.214. The number of carbonyl (C=O) groups is 1. The predicted molar refractivity (Wildman–Crippen MR) is 70.8 cm³/mol. The fourth-order valence-corrected chi connectivity index (χ4v) is 1.84. The van der Waals surface area contributed by atoms with Gasteiger partial charge >= 0.3 is 0 Å². The van der Waals surface area contributed by atoms with Crippen molar-refractivity contribution in [1.29, 1.82) is 0 Å². The minimum absolute atomic E-state index is 0.0503. The van der Waals surface area contributed by atoms with Crippen LogP contribution in [0.5, 0.6) is 0 Å². The molecule has 0 spiro atoms. The van der Waals surface area contributed by atoms with Crippen molar-refractivity contribution in [3.63, 3.8) is 0 Å². The summed E-state index contributed by atoms with van der Waals surface area (Å²) in [7, 11) is 0. The highest BCUT2D eigenvalue weighted by Crippen LogP contribution is 2.18. The lowest BCUT2D eigenvalue weighted by Crippen LogP contribution is -2.43. The second-order valence-corrected chi connectivity index (χ2v) is 4.64. The highest BCUT2D eigenvalue weighted by Gasteiger charge is 2.26. The van der Waals surface area contributed by atoms with Crippen molar-refractivity contribution in [3.8, 4) is 0 Å². The van der Waals surface area contributed by atoms with Gasteiger partial charge in [0, 0.05) is 12.6 Å². The third kappa shape index (κ3) is 6.03. The van der Waals surface area contributed by atoms with E-state index in [0.29, 0.717) is 6.54 Å². The van der Waals surface area contributed by atoms with Gasteiger partial charge in [-0.05, 0) is 26.2 Å². The molecule has 102 valence electrons. The first kappa shape index (κ1) is 16.4. The highest BCUT2D eigenvalue weighted by molar-refractivity contribution is 5.77. The van der Waals surface area contributed by atoms with Crippen LogP contribution in [0.25, 0.3) is 0 Å². The summed E-state index contributed by atoms with van der Waals surface area (Å²) in [5.41, 5.74) is 5.37. The van der Waals surface area contributed by atoms with E-state index in [1.807, 2.05) is 20.8 Å². The third-order valence-electron chi connectivity index (χ3n) is 3.30. The van der Waals surface area contributed by atoms with Gasteiger partial charge in [0.05, 0.1) is 5.60 Å². The molecule has 0 fully saturated rings. The Morgan fingerprint density at radius 1 is 1.35 bits per heavy atom. The molecule has 0 heterocycles. The van der Waals surface area contributed by atoms with E-state index in [4.69, 9.17) is 10.5 Å². The van der Waals surface area contributed by atoms with Crippen molar-refractivity contribution in [1.82, 2.24) is 5.32 Å². The number of hydrogen-bond donors (Lipinski definition) is 2. The van der Waals surface area contributed by atoms with Gasteiger partial charge < -0.3 is 15.8 Å². The summed E-state index contributed by atoms with van der Waals surface area (Å²) in [6.07, 6.45) is 3.73. The summed E-state index contributed by atoms with van der Waals surface area (Å²) in [6.45, 7) is 8.75. The maximum Gasteiger partial charge on any atom is 0.246 e. The van der Waals surface area contributed by atoms with Crippen LogP contribution in [0.3, 0.4) is 0 Å². The second kappa shape index (κ2) is 8.48. The number of carbonyl (C=O) groups excluding carboxylic acids is 1. The SMILES string of the molecule is CCCC(C)NC(=O)COC(CC)(CC)CN. The normalized spacial score (nSPS) is 13.5. The molecule has 0 aromatic heterocycles. The van der Waals surface area contributed by atoms with Crippen LogP contribution in [0.4, 0.5) is 0 Å². The molecule has 0 saturated heterocycles. The minimum atomic E-state index is -0.342. The Bertz CT molecular complexity index is 207. The van der Waals surface area contributed by atoms with Crippen LogP contribution in [0.15, 0.2) is 0 Å². The first-order valence-electron chi connectivity index (χ1n) is 6.66. The lowest BCUT2D eigenvalue weighted by Gasteiger charge is -2.30. The molecule has 0 saturated carbocycles. The van der Waals surface area contributed by atoms with Crippen LogP contribution < -0.4 is 11.1 Å². The van der Waals surface area contributed by atoms with E-state index < -0.39 is 0 Å². The molecule has 0 aromatic carbocycles. The molecule has 1 atom stereocenters. The van der Waals surface area contributed by atoms with Crippen LogP contribution in [0.1, 0.15) is 53.4 Å². The largest absolute Gasteiger partial charge is 0.364 e. The van der Waals surface area contributed by atoms with Crippen molar-refractivity contribution in [2.24, 2.45) is 5.73 Å². The van der Waals surface area contributed by atoms with Gasteiger partial charge in [0.25, 0.3) is 0 Å². The van der Waals surface area contributed by atoms with Crippen LogP contribution >= 0.6 is 0 Å². The zero-order valence-corrected chi connectivity index (χ0v) is 11.7. The third-order valence-corrected chi connectivity index (χ3v) is 3.30. The highest BCUT2D eigenvalue weighted by atomic mass is 16.5. The van der Waals surface area contributed by atoms with Gasteiger partial charge in [-0.1, -0.05) is 27.2 Å². The van der Waals surface area contributed by atoms with E-state index in [9.17, 15) is 4.79 Å². The van der Waals surface area contributed by atoms with Gasteiger partial charge in [-0.3, -0.25) is 4.79 Å². The molecule has 0 rings (SSSR count). The maximum absolute atomic E-state index is 11.6. The van der Waals surface area contributed by atoms with E-state index >= 15 is 0 Å². The zero-order chi connectivity index (χ0) is 13.3. The van der Waals surface area contributed by atoms with Crippen molar-refractivity contribution < 1.29 is 9.53 Å². The molecule has 0 bridgehead atoms. The summed E-state index contributed by atoms with van der Waals surface area (Å²) < 4.78 is 5.68. The molecule has 4 nitrogen and oxygen atoms in total. The van der Waals surface area contributed by atoms with Crippen molar-refractivity contribution in [2.45, 2.75) is 65.0 Å². The van der Waals surface area contributed by atoms with Crippen molar-refractivity contribution in [2.75, 3.05) is 13.2 Å². The first-order valence-corrected chi connectivity index (χ1v) is 6.66. The van der Waals surface area contributed by atoms with E-state index in [2.05, 4.69) is 12.2 Å². The number of nitrogens with two attached hydrogens (primary N) is 1. The minimum Gasteiger partial charge on any atom is -0.364 e. The van der Waals surface area contributed by atoms with Crippen molar-refractivity contribution in [3.05, 3.63) is 0 Å². The summed E-state index contributed by atoms with van der Waals surface area (Å²) in [5, 5.41) is 2.92. The summed E-state index contributed by atoms with van der Waals surface area (Å²) in [4.78, 5) is 11.6. The maximum atomic E-state index is 11.6. The number of ether oxygens (including phenoxy) is 1. The van der Waals surface area contributed by atoms with Crippen LogP contribution in [-0.4, -0.2) is 30.7 Å². The first-order chi connectivity index (χ1) is 8.03. The zero-order valence-electron chi connectivity index (χ0n) is 11.7. The Balaban J connectivity index is 4.04. The summed E-state index contributed by atoms with van der Waals surface area (Å²) >= 11 is 0. The molecular formula is C13H28N2O2. The molecule has 0 radical (unpaired) electrons. The Hall–Kier alpha value is -0.610. The Labute approximate surface area is 105 Å². The standard InChI is InChI=1S/C13H28N2O2/c1-5-8-11(4)15-12(16)9-17-13(6-2,7-3)10-14/h11H,5-10,14H2,1-4H3,(H,15,16). The Kier molecular flexibility index (Phi) is 8.17. The molecule has 17 heavy (non-hydrogen) atoms. The van der Waals surface area contributed by atoms with E-state index in [1.165, 1.54) is 0 Å². The Morgan fingerprint density at radius 3 is 2.35 bits per heavy atom. The van der Waals surface area contributed by atoms with Gasteiger partial charge in [-0.15, -0.1) is 0 Å². The van der Waals surface area contributed by atoms with E-state index in [1.54, 1.807) is 0 Å². The Morgan fingerprint density at radius 2 is 1.94 bits per heavy atom. The van der Waals surface area contributed by atoms with E-state index in [-0.39, 0.29) is 24.2 Å². The second-order valence-electron chi connectivity index (χ2n) is 4.64. The lowest BCUT2D eigenvalue weighted by molar-refractivity contribution is -0.134. The number of nitrogens with one attached hydrogen (secondary N) is 1. The van der Waals surface area contributed by atoms with Crippen molar-refractivity contribution >= 4 is 5.91 Å². The fraction of sp³-hybridized carbons (Fsp3) is 0.923. The average molecular weight is 244 g/mol. The predicted octanol–water partition coefficient (Wildman–Crippen LogP) is 1.83.